The van der Waals surface area contributed by atoms with Gasteiger partial charge in [-0.2, -0.15) is 5.10 Å². The van der Waals surface area contributed by atoms with E-state index in [-0.39, 0.29) is 12.5 Å². The number of carbonyl (C=O) groups is 1. The van der Waals surface area contributed by atoms with Crippen LogP contribution >= 0.6 is 23.2 Å². The van der Waals surface area contributed by atoms with Gasteiger partial charge in [0.1, 0.15) is 11.5 Å². The molecule has 138 valence electrons. The Bertz CT molecular complexity index is 983. The minimum atomic E-state index is -0.266. The number of amides is 1. The van der Waals surface area contributed by atoms with Crippen molar-refractivity contribution >= 4 is 41.0 Å². The Hall–Kier alpha value is -2.76. The van der Waals surface area contributed by atoms with E-state index < -0.39 is 0 Å². The Kier molecular flexibility index (Phi) is 6.16. The van der Waals surface area contributed by atoms with Gasteiger partial charge in [-0.25, -0.2) is 5.43 Å². The highest BCUT2D eigenvalue weighted by molar-refractivity contribution is 6.35. The summed E-state index contributed by atoms with van der Waals surface area (Å²) in [6.07, 6.45) is 1.42. The number of nitrogens with one attached hydrogen (secondary N) is 2. The lowest BCUT2D eigenvalue weighted by molar-refractivity contribution is -0.119. The molecule has 0 atom stereocenters. The van der Waals surface area contributed by atoms with Crippen molar-refractivity contribution in [2.75, 3.05) is 11.9 Å². The van der Waals surface area contributed by atoms with Crippen molar-refractivity contribution in [1.29, 1.82) is 0 Å². The number of anilines is 1. The predicted octanol–water partition coefficient (Wildman–Crippen LogP) is 5.12. The van der Waals surface area contributed by atoms with Crippen molar-refractivity contribution in [2.45, 2.75) is 6.92 Å². The Balaban J connectivity index is 1.55. The fraction of sp³-hybridized carbons (Fsp3) is 0.100. The summed E-state index contributed by atoms with van der Waals surface area (Å²) in [6, 6.07) is 16.4. The van der Waals surface area contributed by atoms with Crippen molar-refractivity contribution in [2.24, 2.45) is 5.10 Å². The molecule has 0 aliphatic carbocycles. The second-order valence-electron chi connectivity index (χ2n) is 5.84. The van der Waals surface area contributed by atoms with Gasteiger partial charge >= 0.3 is 0 Å². The molecule has 1 aromatic heterocycles. The number of hydrazone groups is 1. The maximum atomic E-state index is 11.9. The number of aryl methyl sites for hydroxylation is 1. The van der Waals surface area contributed by atoms with E-state index in [2.05, 4.69) is 15.8 Å². The molecule has 0 bridgehead atoms. The van der Waals surface area contributed by atoms with Gasteiger partial charge in [-0.1, -0.05) is 35.3 Å². The number of nitrogens with zero attached hydrogens (tertiary/aromatic N) is 1. The van der Waals surface area contributed by atoms with Crippen LogP contribution in [-0.4, -0.2) is 18.7 Å². The lowest BCUT2D eigenvalue weighted by Crippen LogP contribution is -2.25. The minimum Gasteiger partial charge on any atom is -0.455 e. The molecule has 1 heterocycles. The minimum absolute atomic E-state index is 0.113. The van der Waals surface area contributed by atoms with Gasteiger partial charge in [0.05, 0.1) is 17.8 Å². The quantitative estimate of drug-likeness (QED) is 0.444. The first kappa shape index (κ1) is 19.0. The van der Waals surface area contributed by atoms with Gasteiger partial charge in [-0.05, 0) is 55.0 Å². The zero-order valence-electron chi connectivity index (χ0n) is 14.5. The van der Waals surface area contributed by atoms with Crippen LogP contribution in [0.25, 0.3) is 11.3 Å². The van der Waals surface area contributed by atoms with Crippen molar-refractivity contribution in [3.63, 3.8) is 0 Å². The zero-order chi connectivity index (χ0) is 19.2. The summed E-state index contributed by atoms with van der Waals surface area (Å²) in [5.74, 6) is 0.779. The molecule has 3 rings (SSSR count). The second-order valence-corrected chi connectivity index (χ2v) is 6.69. The molecule has 2 aromatic carbocycles. The lowest BCUT2D eigenvalue weighted by atomic mass is 10.2. The SMILES string of the molecule is Cc1cccc(NCC(=O)N/N=C/c2ccc(-c3cc(Cl)ccc3Cl)o2)c1. The smallest absolute Gasteiger partial charge is 0.259 e. The molecule has 1 amide bonds. The van der Waals surface area contributed by atoms with Gasteiger partial charge in [-0.3, -0.25) is 4.79 Å². The lowest BCUT2D eigenvalue weighted by Gasteiger charge is -2.05. The summed E-state index contributed by atoms with van der Waals surface area (Å²) in [7, 11) is 0. The summed E-state index contributed by atoms with van der Waals surface area (Å²) in [5, 5.41) is 8.03. The van der Waals surface area contributed by atoms with Crippen LogP contribution in [0.1, 0.15) is 11.3 Å². The second kappa shape index (κ2) is 8.75. The fourth-order valence-corrected chi connectivity index (χ4v) is 2.78. The van der Waals surface area contributed by atoms with Crippen LogP contribution in [0.2, 0.25) is 10.0 Å². The zero-order valence-corrected chi connectivity index (χ0v) is 16.0. The van der Waals surface area contributed by atoms with Gasteiger partial charge in [-0.15, -0.1) is 0 Å². The van der Waals surface area contributed by atoms with Crippen molar-refractivity contribution in [3.05, 3.63) is 76.0 Å². The van der Waals surface area contributed by atoms with Crippen molar-refractivity contribution in [1.82, 2.24) is 5.43 Å². The predicted molar refractivity (Wildman–Crippen MR) is 110 cm³/mol. The normalized spacial score (nSPS) is 10.9. The monoisotopic (exact) mass is 401 g/mol. The summed E-state index contributed by atoms with van der Waals surface area (Å²) >= 11 is 12.2. The molecule has 0 spiro atoms. The van der Waals surface area contributed by atoms with Crippen molar-refractivity contribution < 1.29 is 9.21 Å². The van der Waals surface area contributed by atoms with Crippen LogP contribution in [0.5, 0.6) is 0 Å². The third kappa shape index (κ3) is 5.36. The molecule has 5 nitrogen and oxygen atoms in total. The molecule has 0 aliphatic heterocycles. The van der Waals surface area contributed by atoms with Crippen LogP contribution in [0.15, 0.2) is 64.1 Å². The number of carbonyl (C=O) groups excluding carboxylic acids is 1. The highest BCUT2D eigenvalue weighted by atomic mass is 35.5. The first-order valence-electron chi connectivity index (χ1n) is 8.19. The maximum absolute atomic E-state index is 11.9. The van der Waals surface area contributed by atoms with E-state index in [1.807, 2.05) is 31.2 Å². The van der Waals surface area contributed by atoms with E-state index in [0.29, 0.717) is 27.1 Å². The number of hydrogen-bond acceptors (Lipinski definition) is 4. The van der Waals surface area contributed by atoms with E-state index in [4.69, 9.17) is 27.6 Å². The molecule has 7 heteroatoms. The molecule has 2 N–H and O–H groups in total. The Morgan fingerprint density at radius 3 is 2.81 bits per heavy atom. The van der Waals surface area contributed by atoms with E-state index >= 15 is 0 Å². The Morgan fingerprint density at radius 1 is 1.15 bits per heavy atom. The molecule has 27 heavy (non-hydrogen) atoms. The highest BCUT2D eigenvalue weighted by Crippen LogP contribution is 2.31. The number of hydrogen-bond donors (Lipinski definition) is 2. The standard InChI is InChI=1S/C20H17Cl2N3O2/c1-13-3-2-4-15(9-13)23-12-20(26)25-24-11-16-6-8-19(27-16)17-10-14(21)5-7-18(17)22/h2-11,23H,12H2,1H3,(H,25,26)/b24-11+. The van der Waals surface area contributed by atoms with Crippen molar-refractivity contribution in [3.8, 4) is 11.3 Å². The number of furan rings is 1. The molecular weight excluding hydrogens is 385 g/mol. The van der Waals surface area contributed by atoms with Gasteiger partial charge in [0.25, 0.3) is 5.91 Å². The first-order chi connectivity index (χ1) is 13.0. The summed E-state index contributed by atoms with van der Waals surface area (Å²) < 4.78 is 5.67. The third-order valence-electron chi connectivity index (χ3n) is 3.67. The largest absolute Gasteiger partial charge is 0.455 e. The fourth-order valence-electron chi connectivity index (χ4n) is 2.40. The van der Waals surface area contributed by atoms with E-state index in [0.717, 1.165) is 11.3 Å². The highest BCUT2D eigenvalue weighted by Gasteiger charge is 2.09. The molecule has 3 aromatic rings. The van der Waals surface area contributed by atoms with Crippen LogP contribution < -0.4 is 10.7 Å². The molecule has 0 fully saturated rings. The van der Waals surface area contributed by atoms with Crippen LogP contribution in [0.3, 0.4) is 0 Å². The molecule has 0 saturated heterocycles. The van der Waals surface area contributed by atoms with Gasteiger partial charge in [0.2, 0.25) is 0 Å². The van der Waals surface area contributed by atoms with E-state index in [1.54, 1.807) is 30.3 Å². The van der Waals surface area contributed by atoms with Gasteiger partial charge in [0.15, 0.2) is 0 Å². The first-order valence-corrected chi connectivity index (χ1v) is 8.94. The Labute approximate surface area is 167 Å². The number of halogens is 2. The maximum Gasteiger partial charge on any atom is 0.259 e. The summed E-state index contributed by atoms with van der Waals surface area (Å²) in [6.45, 7) is 2.10. The van der Waals surface area contributed by atoms with Crippen LogP contribution in [0, 0.1) is 6.92 Å². The number of benzene rings is 2. The third-order valence-corrected chi connectivity index (χ3v) is 4.24. The molecule has 0 aliphatic rings. The topological polar surface area (TPSA) is 66.6 Å². The van der Waals surface area contributed by atoms with Crippen LogP contribution in [0.4, 0.5) is 5.69 Å². The molecular formula is C20H17Cl2N3O2. The van der Waals surface area contributed by atoms with E-state index in [1.165, 1.54) is 6.21 Å². The number of rotatable bonds is 6. The average molecular weight is 402 g/mol. The van der Waals surface area contributed by atoms with Gasteiger partial charge in [0, 0.05) is 16.3 Å². The van der Waals surface area contributed by atoms with Crippen LogP contribution in [-0.2, 0) is 4.79 Å². The molecule has 0 saturated carbocycles. The van der Waals surface area contributed by atoms with Gasteiger partial charge < -0.3 is 9.73 Å². The van der Waals surface area contributed by atoms with E-state index in [9.17, 15) is 4.79 Å². The summed E-state index contributed by atoms with van der Waals surface area (Å²) in [4.78, 5) is 11.9. The molecule has 0 unspecified atom stereocenters. The summed E-state index contributed by atoms with van der Waals surface area (Å²) in [5.41, 5.74) is 5.13. The molecule has 0 radical (unpaired) electrons. The average Bonchev–Trinajstić information content (AvgIpc) is 3.11. The Morgan fingerprint density at radius 2 is 2.00 bits per heavy atom.